The summed E-state index contributed by atoms with van der Waals surface area (Å²) in [5.74, 6) is 0.786. The highest BCUT2D eigenvalue weighted by atomic mass is 19.1. The number of ether oxygens (including phenoxy) is 2. The monoisotopic (exact) mass is 450 g/mol. The van der Waals surface area contributed by atoms with Gasteiger partial charge in [-0.05, 0) is 48.9 Å². The molecule has 170 valence electrons. The summed E-state index contributed by atoms with van der Waals surface area (Å²) in [6.07, 6.45) is 0.544. The lowest BCUT2D eigenvalue weighted by Crippen LogP contribution is -2.28. The minimum Gasteiger partial charge on any atom is -0.494 e. The summed E-state index contributed by atoms with van der Waals surface area (Å²) in [7, 11) is 0. The van der Waals surface area contributed by atoms with Gasteiger partial charge in [0.25, 0.3) is 11.6 Å². The van der Waals surface area contributed by atoms with E-state index in [4.69, 9.17) is 14.0 Å². The number of amides is 1. The summed E-state index contributed by atoms with van der Waals surface area (Å²) < 4.78 is 29.9. The molecule has 0 saturated carbocycles. The predicted octanol–water partition coefficient (Wildman–Crippen LogP) is 4.08. The zero-order chi connectivity index (χ0) is 23.2. The number of fused-ring (bicyclic) bond motifs is 1. The fourth-order valence-corrected chi connectivity index (χ4v) is 3.19. The van der Waals surface area contributed by atoms with Gasteiger partial charge in [-0.2, -0.15) is 9.97 Å². The Hall–Kier alpha value is -4.01. The Balaban J connectivity index is 1.48. The van der Waals surface area contributed by atoms with Gasteiger partial charge in [-0.25, -0.2) is 4.39 Å². The summed E-state index contributed by atoms with van der Waals surface area (Å²) in [4.78, 5) is 21.1. The Morgan fingerprint density at radius 2 is 1.79 bits per heavy atom. The van der Waals surface area contributed by atoms with Gasteiger partial charge < -0.3 is 19.3 Å². The van der Waals surface area contributed by atoms with Gasteiger partial charge in [0, 0.05) is 18.5 Å². The molecule has 4 aromatic rings. The molecule has 1 amide bonds. The molecule has 2 heterocycles. The van der Waals surface area contributed by atoms with E-state index in [1.54, 1.807) is 12.1 Å². The lowest BCUT2D eigenvalue weighted by Gasteiger charge is -2.09. The predicted molar refractivity (Wildman–Crippen MR) is 119 cm³/mol. The Morgan fingerprint density at radius 1 is 1.03 bits per heavy atom. The van der Waals surface area contributed by atoms with E-state index in [0.717, 1.165) is 11.3 Å². The van der Waals surface area contributed by atoms with Gasteiger partial charge in [0.05, 0.1) is 6.61 Å². The van der Waals surface area contributed by atoms with Crippen LogP contribution >= 0.6 is 0 Å². The van der Waals surface area contributed by atoms with Crippen molar-refractivity contribution in [2.24, 2.45) is 0 Å². The van der Waals surface area contributed by atoms with E-state index in [2.05, 4.69) is 20.4 Å². The number of halogens is 1. The van der Waals surface area contributed by atoms with Crippen LogP contribution in [0.3, 0.4) is 0 Å². The second-order valence-electron chi connectivity index (χ2n) is 7.16. The molecule has 0 aliphatic carbocycles. The SMILES string of the molecule is CCOc1ccc(CNC(=O)COc2nc(CC)nc3onc(-c4ccc(F)cc4)c23)cc1. The smallest absolute Gasteiger partial charge is 0.265 e. The molecule has 0 aliphatic heterocycles. The molecule has 0 atom stereocenters. The van der Waals surface area contributed by atoms with Crippen LogP contribution in [0.2, 0.25) is 0 Å². The van der Waals surface area contributed by atoms with E-state index >= 15 is 0 Å². The van der Waals surface area contributed by atoms with Crippen LogP contribution in [0.5, 0.6) is 11.6 Å². The van der Waals surface area contributed by atoms with Gasteiger partial charge in [0.1, 0.15) is 28.5 Å². The molecule has 0 spiro atoms. The molecule has 1 N–H and O–H groups in total. The molecule has 0 saturated heterocycles. The summed E-state index contributed by atoms with van der Waals surface area (Å²) in [5, 5.41) is 7.31. The third kappa shape index (κ3) is 5.25. The lowest BCUT2D eigenvalue weighted by atomic mass is 10.1. The van der Waals surface area contributed by atoms with Crippen LogP contribution < -0.4 is 14.8 Å². The third-order valence-electron chi connectivity index (χ3n) is 4.85. The fraction of sp³-hybridized carbons (Fsp3) is 0.250. The number of hydrogen-bond donors (Lipinski definition) is 1. The number of nitrogens with zero attached hydrogens (tertiary/aromatic N) is 3. The Kier molecular flexibility index (Phi) is 6.77. The number of nitrogens with one attached hydrogen (secondary N) is 1. The summed E-state index contributed by atoms with van der Waals surface area (Å²) in [5.41, 5.74) is 2.21. The van der Waals surface area contributed by atoms with Crippen molar-refractivity contribution in [3.05, 3.63) is 65.7 Å². The molecule has 0 fully saturated rings. The standard InChI is InChI=1S/C24H23FN4O4/c1-3-19-27-23(21-22(29-33-24(21)28-19)16-7-9-17(25)10-8-16)32-14-20(30)26-13-15-5-11-18(12-6-15)31-4-2/h5-12H,3-4,13-14H2,1-2H3,(H,26,30). The van der Waals surface area contributed by atoms with Gasteiger partial charge in [0.15, 0.2) is 6.61 Å². The van der Waals surface area contributed by atoms with E-state index in [1.807, 2.05) is 38.1 Å². The van der Waals surface area contributed by atoms with Crippen molar-refractivity contribution < 1.29 is 23.2 Å². The second kappa shape index (κ2) is 10.1. The summed E-state index contributed by atoms with van der Waals surface area (Å²) in [6, 6.07) is 13.3. The van der Waals surface area contributed by atoms with Crippen LogP contribution in [-0.4, -0.2) is 34.2 Å². The van der Waals surface area contributed by atoms with Crippen LogP contribution in [0.25, 0.3) is 22.4 Å². The van der Waals surface area contributed by atoms with Crippen molar-refractivity contribution in [3.8, 4) is 22.9 Å². The molecule has 0 radical (unpaired) electrons. The maximum Gasteiger partial charge on any atom is 0.265 e. The van der Waals surface area contributed by atoms with Crippen molar-refractivity contribution in [1.82, 2.24) is 20.4 Å². The van der Waals surface area contributed by atoms with Crippen LogP contribution in [0.1, 0.15) is 25.2 Å². The van der Waals surface area contributed by atoms with Crippen molar-refractivity contribution in [2.45, 2.75) is 26.8 Å². The zero-order valence-corrected chi connectivity index (χ0v) is 18.3. The quantitative estimate of drug-likeness (QED) is 0.410. The molecule has 2 aromatic carbocycles. The van der Waals surface area contributed by atoms with Gasteiger partial charge in [-0.3, -0.25) is 4.79 Å². The number of rotatable bonds is 9. The van der Waals surface area contributed by atoms with Crippen molar-refractivity contribution in [2.75, 3.05) is 13.2 Å². The van der Waals surface area contributed by atoms with Crippen LogP contribution in [0, 0.1) is 5.82 Å². The number of carbonyl (C=O) groups excluding carboxylic acids is 1. The average Bonchev–Trinajstić information content (AvgIpc) is 3.27. The van der Waals surface area contributed by atoms with E-state index in [0.29, 0.717) is 42.0 Å². The third-order valence-corrected chi connectivity index (χ3v) is 4.85. The minimum atomic E-state index is -0.364. The average molecular weight is 450 g/mol. The second-order valence-corrected chi connectivity index (χ2v) is 7.16. The van der Waals surface area contributed by atoms with Crippen LogP contribution in [0.4, 0.5) is 4.39 Å². The van der Waals surface area contributed by atoms with Crippen molar-refractivity contribution >= 4 is 17.0 Å². The Labute approximate surface area is 189 Å². The number of benzene rings is 2. The number of aryl methyl sites for hydroxylation is 1. The minimum absolute atomic E-state index is 0.189. The first-order valence-corrected chi connectivity index (χ1v) is 10.6. The van der Waals surface area contributed by atoms with Gasteiger partial charge in [-0.15, -0.1) is 0 Å². The Bertz CT molecular complexity index is 1240. The van der Waals surface area contributed by atoms with E-state index in [-0.39, 0.29) is 29.9 Å². The van der Waals surface area contributed by atoms with Gasteiger partial charge in [-0.1, -0.05) is 24.2 Å². The molecule has 8 nitrogen and oxygen atoms in total. The van der Waals surface area contributed by atoms with E-state index < -0.39 is 0 Å². The first-order valence-electron chi connectivity index (χ1n) is 10.6. The summed E-state index contributed by atoms with van der Waals surface area (Å²) in [6.45, 7) is 4.51. The molecule has 0 bridgehead atoms. The molecule has 0 unspecified atom stereocenters. The van der Waals surface area contributed by atoms with E-state index in [9.17, 15) is 9.18 Å². The van der Waals surface area contributed by atoms with Crippen molar-refractivity contribution in [1.29, 1.82) is 0 Å². The molecular weight excluding hydrogens is 427 g/mol. The highest BCUT2D eigenvalue weighted by Gasteiger charge is 2.20. The highest BCUT2D eigenvalue weighted by Crippen LogP contribution is 2.33. The zero-order valence-electron chi connectivity index (χ0n) is 18.3. The fourth-order valence-electron chi connectivity index (χ4n) is 3.19. The van der Waals surface area contributed by atoms with Gasteiger partial charge in [0.2, 0.25) is 5.88 Å². The van der Waals surface area contributed by atoms with Crippen LogP contribution in [0.15, 0.2) is 53.1 Å². The first kappa shape index (κ1) is 22.2. The molecule has 0 aliphatic rings. The number of aromatic nitrogens is 3. The normalized spacial score (nSPS) is 10.9. The number of carbonyl (C=O) groups is 1. The summed E-state index contributed by atoms with van der Waals surface area (Å²) >= 11 is 0. The van der Waals surface area contributed by atoms with E-state index in [1.165, 1.54) is 12.1 Å². The Morgan fingerprint density at radius 3 is 2.48 bits per heavy atom. The largest absolute Gasteiger partial charge is 0.494 e. The molecule has 2 aromatic heterocycles. The lowest BCUT2D eigenvalue weighted by molar-refractivity contribution is -0.123. The van der Waals surface area contributed by atoms with Gasteiger partial charge >= 0.3 is 0 Å². The number of hydrogen-bond acceptors (Lipinski definition) is 7. The maximum absolute atomic E-state index is 13.3. The molecule has 9 heteroatoms. The van der Waals surface area contributed by atoms with Crippen LogP contribution in [-0.2, 0) is 17.8 Å². The first-order chi connectivity index (χ1) is 16.1. The maximum atomic E-state index is 13.3. The topological polar surface area (TPSA) is 99.4 Å². The molecular formula is C24H23FN4O4. The van der Waals surface area contributed by atoms with Crippen molar-refractivity contribution in [3.63, 3.8) is 0 Å². The molecule has 4 rings (SSSR count). The molecule has 33 heavy (non-hydrogen) atoms. The highest BCUT2D eigenvalue weighted by molar-refractivity contribution is 5.93.